The Kier molecular flexibility index (Phi) is 6.03. The summed E-state index contributed by atoms with van der Waals surface area (Å²) < 4.78 is 4.78. The van der Waals surface area contributed by atoms with E-state index in [1.165, 1.54) is 25.1 Å². The van der Waals surface area contributed by atoms with Crippen LogP contribution in [0.3, 0.4) is 0 Å². The normalized spacial score (nSPS) is 13.0. The van der Waals surface area contributed by atoms with Crippen molar-refractivity contribution in [2.75, 3.05) is 6.61 Å². The molecule has 1 aromatic carbocycles. The largest absolute Gasteiger partial charge is 0.478 e. The molecule has 0 amide bonds. The van der Waals surface area contributed by atoms with Crippen LogP contribution in [0.25, 0.3) is 0 Å². The maximum absolute atomic E-state index is 11.3. The highest BCUT2D eigenvalue weighted by molar-refractivity contribution is 6.02. The maximum Gasteiger partial charge on any atom is 0.336 e. The van der Waals surface area contributed by atoms with E-state index in [9.17, 15) is 24.6 Å². The van der Waals surface area contributed by atoms with E-state index in [0.717, 1.165) is 6.08 Å². The summed E-state index contributed by atoms with van der Waals surface area (Å²) in [7, 11) is 0. The fourth-order valence-electron chi connectivity index (χ4n) is 2.11. The number of ether oxygens (including phenoxy) is 1. The third-order valence-electron chi connectivity index (χ3n) is 3.22. The van der Waals surface area contributed by atoms with E-state index in [2.05, 4.69) is 6.58 Å². The van der Waals surface area contributed by atoms with Crippen molar-refractivity contribution in [2.45, 2.75) is 25.4 Å². The second kappa shape index (κ2) is 7.55. The third kappa shape index (κ3) is 5.23. The lowest BCUT2D eigenvalue weighted by atomic mass is 9.89. The van der Waals surface area contributed by atoms with Crippen LogP contribution < -0.4 is 0 Å². The molecule has 0 saturated carbocycles. The molecule has 1 aromatic rings. The summed E-state index contributed by atoms with van der Waals surface area (Å²) in [6.07, 6.45) is 0.956. The van der Waals surface area contributed by atoms with Crippen molar-refractivity contribution in [1.29, 1.82) is 0 Å². The number of aliphatic hydroxyl groups is 1. The fraction of sp³-hybridized carbons (Fsp3) is 0.312. The Bertz CT molecular complexity index is 631. The molecule has 23 heavy (non-hydrogen) atoms. The zero-order valence-corrected chi connectivity index (χ0v) is 12.6. The highest BCUT2D eigenvalue weighted by Crippen LogP contribution is 2.23. The van der Waals surface area contributed by atoms with Gasteiger partial charge in [0.2, 0.25) is 0 Å². The molecule has 0 heterocycles. The van der Waals surface area contributed by atoms with Gasteiger partial charge in [-0.3, -0.25) is 0 Å². The topological polar surface area (TPSA) is 121 Å². The molecule has 0 bridgehead atoms. The van der Waals surface area contributed by atoms with Crippen LogP contribution in [0.2, 0.25) is 0 Å². The average molecular weight is 322 g/mol. The van der Waals surface area contributed by atoms with Crippen molar-refractivity contribution < 1.29 is 34.4 Å². The minimum absolute atomic E-state index is 0.0585. The number of carbonyl (C=O) groups is 3. The highest BCUT2D eigenvalue weighted by Gasteiger charge is 2.27. The second-order valence-electron chi connectivity index (χ2n) is 5.25. The smallest absolute Gasteiger partial charge is 0.336 e. The fourth-order valence-corrected chi connectivity index (χ4v) is 2.11. The van der Waals surface area contributed by atoms with E-state index in [0.29, 0.717) is 0 Å². The summed E-state index contributed by atoms with van der Waals surface area (Å²) in [4.78, 5) is 33.4. The Hall–Kier alpha value is -2.67. The van der Waals surface area contributed by atoms with E-state index >= 15 is 0 Å². The van der Waals surface area contributed by atoms with Gasteiger partial charge in [0, 0.05) is 18.9 Å². The summed E-state index contributed by atoms with van der Waals surface area (Å²) >= 11 is 0. The molecule has 0 fully saturated rings. The van der Waals surface area contributed by atoms with E-state index in [1.54, 1.807) is 0 Å². The van der Waals surface area contributed by atoms with Gasteiger partial charge in [-0.1, -0.05) is 18.7 Å². The quantitative estimate of drug-likeness (QED) is 0.490. The number of carbonyl (C=O) groups excluding carboxylic acids is 1. The van der Waals surface area contributed by atoms with Crippen LogP contribution in [-0.2, 0) is 16.0 Å². The van der Waals surface area contributed by atoms with Crippen LogP contribution in [0.4, 0.5) is 0 Å². The maximum atomic E-state index is 11.3. The highest BCUT2D eigenvalue weighted by atomic mass is 16.5. The van der Waals surface area contributed by atoms with Gasteiger partial charge in [-0.2, -0.15) is 0 Å². The molecule has 0 radical (unpaired) electrons. The number of rotatable bonds is 8. The number of hydrogen-bond acceptors (Lipinski definition) is 5. The number of carboxylic acids is 2. The van der Waals surface area contributed by atoms with Crippen LogP contribution in [0.15, 0.2) is 30.9 Å². The first-order chi connectivity index (χ1) is 10.7. The second-order valence-corrected chi connectivity index (χ2v) is 5.25. The lowest BCUT2D eigenvalue weighted by Gasteiger charge is -2.24. The standard InChI is InChI=1S/C16H18O7/c1-3-12(17)23-8-7-16(2,22)9-10-5-4-6-11(14(18)19)13(10)15(20)21/h3-6,22H,1,7-9H2,2H3,(H,18,19)(H,20,21). The van der Waals surface area contributed by atoms with E-state index in [-0.39, 0.29) is 36.1 Å². The molecular formula is C16H18O7. The number of carboxylic acid groups (broad SMARTS) is 2. The molecule has 1 atom stereocenters. The Labute approximate surface area is 132 Å². The summed E-state index contributed by atoms with van der Waals surface area (Å²) in [6.45, 7) is 4.62. The summed E-state index contributed by atoms with van der Waals surface area (Å²) in [5.74, 6) is -3.37. The van der Waals surface area contributed by atoms with Crippen LogP contribution in [-0.4, -0.2) is 45.4 Å². The van der Waals surface area contributed by atoms with Crippen molar-refractivity contribution >= 4 is 17.9 Å². The number of aromatic carboxylic acids is 2. The predicted molar refractivity (Wildman–Crippen MR) is 80.5 cm³/mol. The third-order valence-corrected chi connectivity index (χ3v) is 3.22. The molecule has 0 aliphatic heterocycles. The molecule has 124 valence electrons. The van der Waals surface area contributed by atoms with Gasteiger partial charge < -0.3 is 20.1 Å². The van der Waals surface area contributed by atoms with Gasteiger partial charge >= 0.3 is 17.9 Å². The van der Waals surface area contributed by atoms with Gasteiger partial charge in [0.15, 0.2) is 0 Å². The van der Waals surface area contributed by atoms with Gasteiger partial charge in [0.25, 0.3) is 0 Å². The zero-order valence-electron chi connectivity index (χ0n) is 12.6. The van der Waals surface area contributed by atoms with Gasteiger partial charge in [-0.25, -0.2) is 14.4 Å². The molecule has 3 N–H and O–H groups in total. The molecule has 0 aliphatic rings. The molecular weight excluding hydrogens is 304 g/mol. The van der Waals surface area contributed by atoms with Crippen LogP contribution in [0, 0.1) is 0 Å². The average Bonchev–Trinajstić information content (AvgIpc) is 2.45. The first kappa shape index (κ1) is 18.4. The lowest BCUT2D eigenvalue weighted by molar-refractivity contribution is -0.139. The first-order valence-electron chi connectivity index (χ1n) is 6.78. The van der Waals surface area contributed by atoms with E-state index < -0.39 is 23.5 Å². The molecule has 7 nitrogen and oxygen atoms in total. The predicted octanol–water partition coefficient (Wildman–Crippen LogP) is 1.50. The van der Waals surface area contributed by atoms with Gasteiger partial charge in [-0.05, 0) is 18.6 Å². The number of hydrogen-bond donors (Lipinski definition) is 3. The molecule has 0 aromatic heterocycles. The first-order valence-corrected chi connectivity index (χ1v) is 6.78. The zero-order chi connectivity index (χ0) is 17.6. The number of esters is 1. The van der Waals surface area contributed by atoms with Crippen LogP contribution in [0.5, 0.6) is 0 Å². The lowest BCUT2D eigenvalue weighted by Crippen LogP contribution is -2.30. The van der Waals surface area contributed by atoms with Crippen molar-refractivity contribution in [2.24, 2.45) is 0 Å². The molecule has 0 spiro atoms. The molecule has 7 heteroatoms. The molecule has 1 rings (SSSR count). The Balaban J connectivity index is 2.96. The summed E-state index contributed by atoms with van der Waals surface area (Å²) in [5, 5.41) is 28.7. The van der Waals surface area contributed by atoms with Crippen molar-refractivity contribution in [3.8, 4) is 0 Å². The SMILES string of the molecule is C=CC(=O)OCCC(C)(O)Cc1cccc(C(=O)O)c1C(=O)O. The molecule has 1 unspecified atom stereocenters. The molecule has 0 saturated heterocycles. The van der Waals surface area contributed by atoms with E-state index in [4.69, 9.17) is 9.84 Å². The van der Waals surface area contributed by atoms with Gasteiger partial charge in [0.1, 0.15) is 0 Å². The minimum Gasteiger partial charge on any atom is -0.478 e. The van der Waals surface area contributed by atoms with Crippen LogP contribution >= 0.6 is 0 Å². The number of benzene rings is 1. The minimum atomic E-state index is -1.38. The summed E-state index contributed by atoms with van der Waals surface area (Å²) in [5.41, 5.74) is -1.88. The monoisotopic (exact) mass is 322 g/mol. The van der Waals surface area contributed by atoms with Gasteiger partial charge in [0.05, 0.1) is 23.3 Å². The van der Waals surface area contributed by atoms with Crippen LogP contribution in [0.1, 0.15) is 39.6 Å². The van der Waals surface area contributed by atoms with Crippen molar-refractivity contribution in [3.05, 3.63) is 47.5 Å². The Morgan fingerprint density at radius 2 is 1.91 bits per heavy atom. The van der Waals surface area contributed by atoms with E-state index in [1.807, 2.05) is 0 Å². The van der Waals surface area contributed by atoms with Crippen molar-refractivity contribution in [3.63, 3.8) is 0 Å². The Morgan fingerprint density at radius 3 is 2.43 bits per heavy atom. The Morgan fingerprint density at radius 1 is 1.26 bits per heavy atom. The van der Waals surface area contributed by atoms with Gasteiger partial charge in [-0.15, -0.1) is 0 Å². The summed E-state index contributed by atoms with van der Waals surface area (Å²) in [6, 6.07) is 4.05. The van der Waals surface area contributed by atoms with Crippen molar-refractivity contribution in [1.82, 2.24) is 0 Å². The molecule has 0 aliphatic carbocycles.